The largest absolute Gasteiger partial charge is 0.508 e. The molecule has 1 atom stereocenters. The molecular weight excluding hydrogens is 282 g/mol. The highest BCUT2D eigenvalue weighted by atomic mass is 16.3. The maximum atomic E-state index is 12.5. The van der Waals surface area contributed by atoms with Crippen LogP contribution in [-0.4, -0.2) is 29.1 Å². The van der Waals surface area contributed by atoms with Crippen molar-refractivity contribution in [1.29, 1.82) is 0 Å². The van der Waals surface area contributed by atoms with Crippen LogP contribution in [-0.2, 0) is 0 Å². The van der Waals surface area contributed by atoms with Crippen LogP contribution in [0.3, 0.4) is 0 Å². The number of phenols is 1. The molecule has 0 spiro atoms. The molecule has 1 heterocycles. The Balaban J connectivity index is 1.95. The van der Waals surface area contributed by atoms with Gasteiger partial charge in [0.2, 0.25) is 0 Å². The van der Waals surface area contributed by atoms with Crippen molar-refractivity contribution >= 4 is 17.7 Å². The van der Waals surface area contributed by atoms with Crippen LogP contribution < -0.4 is 10.2 Å². The summed E-state index contributed by atoms with van der Waals surface area (Å²) in [6.07, 6.45) is -0.707. The molecule has 6 heteroatoms. The second-order valence-electron chi connectivity index (χ2n) is 4.98. The summed E-state index contributed by atoms with van der Waals surface area (Å²) in [5, 5.41) is 12.7. The van der Waals surface area contributed by atoms with Crippen LogP contribution in [0.4, 0.5) is 15.3 Å². The van der Waals surface area contributed by atoms with Gasteiger partial charge in [-0.3, -0.25) is 0 Å². The molecule has 0 bridgehead atoms. The van der Waals surface area contributed by atoms with Gasteiger partial charge in [-0.1, -0.05) is 36.4 Å². The van der Waals surface area contributed by atoms with Gasteiger partial charge in [-0.05, 0) is 18.2 Å². The van der Waals surface area contributed by atoms with E-state index in [2.05, 4.69) is 5.32 Å². The molecule has 1 saturated heterocycles. The van der Waals surface area contributed by atoms with Crippen molar-refractivity contribution in [2.75, 3.05) is 11.9 Å². The number of amides is 4. The van der Waals surface area contributed by atoms with Crippen molar-refractivity contribution in [2.45, 2.75) is 6.17 Å². The maximum Gasteiger partial charge on any atom is 0.334 e. The first-order valence-corrected chi connectivity index (χ1v) is 6.80. The van der Waals surface area contributed by atoms with Crippen LogP contribution in [0.25, 0.3) is 0 Å². The molecule has 0 aliphatic carbocycles. The maximum absolute atomic E-state index is 12.5. The number of urea groups is 2. The van der Waals surface area contributed by atoms with E-state index in [0.29, 0.717) is 11.3 Å². The van der Waals surface area contributed by atoms with E-state index in [1.54, 1.807) is 49.5 Å². The van der Waals surface area contributed by atoms with E-state index in [1.165, 1.54) is 11.0 Å². The minimum absolute atomic E-state index is 0.0283. The predicted octanol–water partition coefficient (Wildman–Crippen LogP) is 2.67. The van der Waals surface area contributed by atoms with E-state index in [9.17, 15) is 14.7 Å². The molecule has 2 N–H and O–H groups in total. The highest BCUT2D eigenvalue weighted by Gasteiger charge is 2.38. The van der Waals surface area contributed by atoms with Crippen LogP contribution in [0.15, 0.2) is 54.6 Å². The number of phenolic OH excluding ortho intramolecular Hbond substituents is 1. The van der Waals surface area contributed by atoms with Gasteiger partial charge in [0.1, 0.15) is 11.9 Å². The van der Waals surface area contributed by atoms with E-state index in [1.807, 2.05) is 6.07 Å². The molecule has 0 saturated carbocycles. The Morgan fingerprint density at radius 1 is 1.00 bits per heavy atom. The molecular formula is C16H15N3O3. The Bertz CT molecular complexity index is 718. The van der Waals surface area contributed by atoms with Crippen molar-refractivity contribution in [3.63, 3.8) is 0 Å². The van der Waals surface area contributed by atoms with Gasteiger partial charge in [-0.15, -0.1) is 0 Å². The molecule has 0 aromatic heterocycles. The van der Waals surface area contributed by atoms with Crippen LogP contribution in [0.1, 0.15) is 11.7 Å². The standard InChI is InChI=1S/C16H15N3O3/c1-18-14(12-9-5-6-10-13(12)20)17-15(21)19(16(18)22)11-7-3-2-4-8-11/h2-10,14,20H,1H3,(H,17,21). The average molecular weight is 297 g/mol. The van der Waals surface area contributed by atoms with Gasteiger partial charge in [0.25, 0.3) is 0 Å². The fourth-order valence-corrected chi connectivity index (χ4v) is 2.44. The molecule has 1 unspecified atom stereocenters. The van der Waals surface area contributed by atoms with E-state index in [4.69, 9.17) is 0 Å². The Morgan fingerprint density at radius 3 is 2.32 bits per heavy atom. The number of nitrogens with zero attached hydrogens (tertiary/aromatic N) is 2. The summed E-state index contributed by atoms with van der Waals surface area (Å²) in [4.78, 5) is 27.3. The lowest BCUT2D eigenvalue weighted by atomic mass is 10.1. The first-order chi connectivity index (χ1) is 10.6. The summed E-state index contributed by atoms with van der Waals surface area (Å²) < 4.78 is 0. The topological polar surface area (TPSA) is 72.9 Å². The summed E-state index contributed by atoms with van der Waals surface area (Å²) in [5.41, 5.74) is 0.965. The Morgan fingerprint density at radius 2 is 1.64 bits per heavy atom. The number of hydrogen-bond acceptors (Lipinski definition) is 3. The summed E-state index contributed by atoms with van der Waals surface area (Å²) in [5.74, 6) is 0.0283. The molecule has 1 aliphatic rings. The number of aromatic hydroxyl groups is 1. The zero-order valence-electron chi connectivity index (χ0n) is 11.9. The summed E-state index contributed by atoms with van der Waals surface area (Å²) in [6, 6.07) is 14.3. The average Bonchev–Trinajstić information content (AvgIpc) is 2.53. The van der Waals surface area contributed by atoms with E-state index >= 15 is 0 Å². The number of nitrogens with one attached hydrogen (secondary N) is 1. The summed E-state index contributed by atoms with van der Waals surface area (Å²) in [6.45, 7) is 0. The Labute approximate surface area is 127 Å². The molecule has 0 radical (unpaired) electrons. The minimum Gasteiger partial charge on any atom is -0.508 e. The zero-order valence-corrected chi connectivity index (χ0v) is 11.9. The first kappa shape index (κ1) is 13.9. The molecule has 4 amide bonds. The van der Waals surface area contributed by atoms with Crippen molar-refractivity contribution in [3.05, 3.63) is 60.2 Å². The third-order valence-corrected chi connectivity index (χ3v) is 3.59. The first-order valence-electron chi connectivity index (χ1n) is 6.80. The molecule has 1 fully saturated rings. The fraction of sp³-hybridized carbons (Fsp3) is 0.125. The van der Waals surface area contributed by atoms with Crippen LogP contribution >= 0.6 is 0 Å². The van der Waals surface area contributed by atoms with Crippen molar-refractivity contribution in [1.82, 2.24) is 10.2 Å². The van der Waals surface area contributed by atoms with Crippen LogP contribution in [0.2, 0.25) is 0 Å². The second kappa shape index (κ2) is 5.40. The van der Waals surface area contributed by atoms with Gasteiger partial charge in [0.15, 0.2) is 0 Å². The number of hydrogen-bond donors (Lipinski definition) is 2. The zero-order chi connectivity index (χ0) is 15.7. The van der Waals surface area contributed by atoms with Crippen LogP contribution in [0.5, 0.6) is 5.75 Å². The number of anilines is 1. The number of para-hydroxylation sites is 2. The molecule has 6 nitrogen and oxygen atoms in total. The highest BCUT2D eigenvalue weighted by Crippen LogP contribution is 2.30. The van der Waals surface area contributed by atoms with Gasteiger partial charge < -0.3 is 15.3 Å². The van der Waals surface area contributed by atoms with Gasteiger partial charge in [-0.2, -0.15) is 0 Å². The summed E-state index contributed by atoms with van der Waals surface area (Å²) in [7, 11) is 1.58. The number of carbonyl (C=O) groups is 2. The fourth-order valence-electron chi connectivity index (χ4n) is 2.44. The van der Waals surface area contributed by atoms with Crippen LogP contribution in [0, 0.1) is 0 Å². The smallest absolute Gasteiger partial charge is 0.334 e. The minimum atomic E-state index is -0.707. The molecule has 22 heavy (non-hydrogen) atoms. The molecule has 2 aromatic carbocycles. The third-order valence-electron chi connectivity index (χ3n) is 3.59. The molecule has 3 rings (SSSR count). The van der Waals surface area contributed by atoms with Gasteiger partial charge >= 0.3 is 12.1 Å². The Kier molecular flexibility index (Phi) is 3.42. The summed E-state index contributed by atoms with van der Waals surface area (Å²) >= 11 is 0. The number of imide groups is 1. The number of rotatable bonds is 2. The second-order valence-corrected chi connectivity index (χ2v) is 4.98. The Hall–Kier alpha value is -3.02. The lowest BCUT2D eigenvalue weighted by molar-refractivity contribution is 0.168. The van der Waals surface area contributed by atoms with E-state index in [-0.39, 0.29) is 5.75 Å². The van der Waals surface area contributed by atoms with Crippen molar-refractivity contribution in [2.24, 2.45) is 0 Å². The van der Waals surface area contributed by atoms with Crippen molar-refractivity contribution < 1.29 is 14.7 Å². The third kappa shape index (κ3) is 2.24. The molecule has 1 aliphatic heterocycles. The quantitative estimate of drug-likeness (QED) is 0.895. The number of benzene rings is 2. The van der Waals surface area contributed by atoms with Gasteiger partial charge in [0, 0.05) is 12.6 Å². The predicted molar refractivity (Wildman–Crippen MR) is 81.5 cm³/mol. The lowest BCUT2D eigenvalue weighted by Crippen LogP contribution is -2.59. The SMILES string of the molecule is CN1C(=O)N(c2ccccc2)C(=O)NC1c1ccccc1O. The monoisotopic (exact) mass is 297 g/mol. The lowest BCUT2D eigenvalue weighted by Gasteiger charge is -2.39. The molecule has 2 aromatic rings. The molecule has 112 valence electrons. The number of carbonyl (C=O) groups excluding carboxylic acids is 2. The van der Waals surface area contributed by atoms with Gasteiger partial charge in [-0.25, -0.2) is 14.5 Å². The van der Waals surface area contributed by atoms with Gasteiger partial charge in [0.05, 0.1) is 5.69 Å². The van der Waals surface area contributed by atoms with E-state index < -0.39 is 18.2 Å². The normalized spacial score (nSPS) is 18.3. The highest BCUT2D eigenvalue weighted by molar-refractivity contribution is 6.15. The van der Waals surface area contributed by atoms with E-state index in [0.717, 1.165) is 4.90 Å². The van der Waals surface area contributed by atoms with Crippen molar-refractivity contribution in [3.8, 4) is 5.75 Å².